The second-order valence-corrected chi connectivity index (χ2v) is 12.7. The average Bonchev–Trinajstić information content (AvgIpc) is 3.11. The van der Waals surface area contributed by atoms with Crippen LogP contribution < -0.4 is 5.73 Å². The van der Waals surface area contributed by atoms with Gasteiger partial charge in [-0.05, 0) is 59.4 Å². The molecule has 2 atom stereocenters. The summed E-state index contributed by atoms with van der Waals surface area (Å²) in [6.07, 6.45) is 2.11. The van der Waals surface area contributed by atoms with E-state index >= 15 is 0 Å². The molecule has 6 nitrogen and oxygen atoms in total. The number of amides is 2. The molecule has 0 saturated carbocycles. The van der Waals surface area contributed by atoms with Crippen molar-refractivity contribution >= 4 is 35.0 Å². The first kappa shape index (κ1) is 41.5. The fraction of sp³-hybridized carbons (Fsp3) is 0.366. The molecule has 1 heterocycles. The van der Waals surface area contributed by atoms with E-state index in [-0.39, 0.29) is 31.3 Å². The Morgan fingerprint density at radius 1 is 0.653 bits per heavy atom. The first-order valence-electron chi connectivity index (χ1n) is 16.8. The number of piperazine rings is 1. The minimum absolute atomic E-state index is 0. The van der Waals surface area contributed by atoms with Gasteiger partial charge in [0.15, 0.2) is 0 Å². The molecule has 2 N–H and O–H groups in total. The molecule has 1 aliphatic heterocycles. The molecular weight excluding hydrogens is 651 g/mol. The normalized spacial score (nSPS) is 13.7. The number of benzene rings is 4. The van der Waals surface area contributed by atoms with Crippen molar-refractivity contribution in [1.29, 1.82) is 0 Å². The highest BCUT2D eigenvalue weighted by Gasteiger charge is 2.27. The zero-order chi connectivity index (χ0) is 34.9. The monoisotopic (exact) mass is 704 g/mol. The molecule has 1 fully saturated rings. The molecule has 4 aromatic carbocycles. The van der Waals surface area contributed by atoms with Crippen LogP contribution >= 0.6 is 23.2 Å². The van der Waals surface area contributed by atoms with Crippen LogP contribution in [0, 0.1) is 0 Å². The molecule has 5 rings (SSSR count). The molecule has 1 saturated heterocycles. The van der Waals surface area contributed by atoms with E-state index in [1.165, 1.54) is 11.1 Å². The molecule has 0 aromatic heterocycles. The van der Waals surface area contributed by atoms with Crippen molar-refractivity contribution in [3.05, 3.63) is 141 Å². The minimum atomic E-state index is -0.0801. The van der Waals surface area contributed by atoms with Gasteiger partial charge >= 0.3 is 0 Å². The lowest BCUT2D eigenvalue weighted by Gasteiger charge is -2.39. The number of hydrogen-bond acceptors (Lipinski definition) is 4. The highest BCUT2D eigenvalue weighted by molar-refractivity contribution is 6.30. The predicted octanol–water partition coefficient (Wildman–Crippen LogP) is 9.27. The van der Waals surface area contributed by atoms with E-state index in [0.717, 1.165) is 73.3 Å². The first-order chi connectivity index (χ1) is 23.1. The van der Waals surface area contributed by atoms with E-state index in [4.69, 9.17) is 28.9 Å². The third-order valence-electron chi connectivity index (χ3n) is 8.25. The molecule has 0 radical (unpaired) electrons. The van der Waals surface area contributed by atoms with Crippen molar-refractivity contribution in [2.75, 3.05) is 39.3 Å². The maximum absolute atomic E-state index is 11.5. The first-order valence-corrected chi connectivity index (χ1v) is 17.5. The van der Waals surface area contributed by atoms with Crippen molar-refractivity contribution in [2.24, 2.45) is 5.73 Å². The molecule has 0 aliphatic carbocycles. The summed E-state index contributed by atoms with van der Waals surface area (Å²) < 4.78 is 0. The van der Waals surface area contributed by atoms with Gasteiger partial charge in [-0.2, -0.15) is 0 Å². The number of halogens is 2. The van der Waals surface area contributed by atoms with Crippen molar-refractivity contribution < 1.29 is 9.59 Å². The zero-order valence-electron chi connectivity index (χ0n) is 28.7. The summed E-state index contributed by atoms with van der Waals surface area (Å²) in [5.41, 5.74) is 10.8. The van der Waals surface area contributed by atoms with Crippen LogP contribution in [0.25, 0.3) is 0 Å². The van der Waals surface area contributed by atoms with Gasteiger partial charge in [-0.15, -0.1) is 0 Å². The van der Waals surface area contributed by atoms with E-state index in [1.807, 2.05) is 82.6 Å². The average molecular weight is 706 g/mol. The highest BCUT2D eigenvalue weighted by atomic mass is 35.5. The van der Waals surface area contributed by atoms with Gasteiger partial charge in [-0.25, -0.2) is 0 Å². The lowest BCUT2D eigenvalue weighted by Crippen LogP contribution is -2.49. The molecular formula is C41H54Cl2N4O2. The largest absolute Gasteiger partial charge is 0.343 e. The maximum Gasteiger partial charge on any atom is 0.219 e. The number of nitrogens with two attached hydrogens (primary N) is 1. The standard InChI is InChI=1S/C19H21ClN2O.C13H12ClN.C8H17NO.CH4/c1-15(23)21-11-13-22(14-12-21)19(16-5-3-2-4-6-16)17-7-9-18(20)10-8-17;14-12-8-6-11(7-9-12)13(15)10-4-2-1-3-5-10;1-4-6-9(7-5-2)8(3)10;/h2-10,19H,11-14H2,1H3;1-9,13H,15H2;4-7H2,1-3H3;1H4. The summed E-state index contributed by atoms with van der Waals surface area (Å²) in [6.45, 7) is 12.6. The minimum Gasteiger partial charge on any atom is -0.343 e. The van der Waals surface area contributed by atoms with Crippen molar-refractivity contribution in [2.45, 2.75) is 60.0 Å². The van der Waals surface area contributed by atoms with Gasteiger partial charge in [-0.1, -0.05) is 129 Å². The Hall–Kier alpha value is -3.68. The third kappa shape index (κ3) is 13.6. The summed E-state index contributed by atoms with van der Waals surface area (Å²) in [6, 6.07) is 36.4. The zero-order valence-corrected chi connectivity index (χ0v) is 30.2. The summed E-state index contributed by atoms with van der Waals surface area (Å²) in [7, 11) is 0. The van der Waals surface area contributed by atoms with Crippen LogP contribution in [0.15, 0.2) is 109 Å². The molecule has 0 bridgehead atoms. The topological polar surface area (TPSA) is 69.9 Å². The van der Waals surface area contributed by atoms with Crippen LogP contribution in [0.2, 0.25) is 10.0 Å². The fourth-order valence-electron chi connectivity index (χ4n) is 5.68. The van der Waals surface area contributed by atoms with Crippen LogP contribution in [0.1, 0.15) is 82.3 Å². The van der Waals surface area contributed by atoms with Gasteiger partial charge in [0, 0.05) is 63.2 Å². The lowest BCUT2D eigenvalue weighted by molar-refractivity contribution is -0.131. The van der Waals surface area contributed by atoms with Gasteiger partial charge in [0.05, 0.1) is 12.1 Å². The van der Waals surface area contributed by atoms with E-state index in [2.05, 4.69) is 55.1 Å². The summed E-state index contributed by atoms with van der Waals surface area (Å²) in [5.74, 6) is 0.358. The van der Waals surface area contributed by atoms with Crippen LogP contribution in [-0.4, -0.2) is 65.8 Å². The van der Waals surface area contributed by atoms with Crippen LogP contribution in [0.5, 0.6) is 0 Å². The van der Waals surface area contributed by atoms with E-state index < -0.39 is 0 Å². The van der Waals surface area contributed by atoms with Crippen molar-refractivity contribution in [3.63, 3.8) is 0 Å². The summed E-state index contributed by atoms with van der Waals surface area (Å²) >= 11 is 11.9. The van der Waals surface area contributed by atoms with Gasteiger partial charge in [-0.3, -0.25) is 14.5 Å². The molecule has 4 aromatic rings. The van der Waals surface area contributed by atoms with Crippen molar-refractivity contribution in [1.82, 2.24) is 14.7 Å². The molecule has 264 valence electrons. The van der Waals surface area contributed by atoms with Gasteiger partial charge in [0.1, 0.15) is 0 Å². The van der Waals surface area contributed by atoms with Crippen LogP contribution in [-0.2, 0) is 9.59 Å². The van der Waals surface area contributed by atoms with Gasteiger partial charge < -0.3 is 15.5 Å². The Morgan fingerprint density at radius 3 is 1.45 bits per heavy atom. The fourth-order valence-corrected chi connectivity index (χ4v) is 5.93. The summed E-state index contributed by atoms with van der Waals surface area (Å²) in [4.78, 5) is 28.6. The Bertz CT molecular complexity index is 1490. The Kier molecular flexibility index (Phi) is 18.7. The number of rotatable bonds is 9. The Labute approximate surface area is 304 Å². The van der Waals surface area contributed by atoms with Gasteiger partial charge in [0.2, 0.25) is 11.8 Å². The SMILES string of the molecule is C.CC(=O)N1CCN(C(c2ccccc2)c2ccc(Cl)cc2)CC1.CCCN(CCC)C(C)=O.NC(c1ccccc1)c1ccc(Cl)cc1. The van der Waals surface area contributed by atoms with E-state index in [9.17, 15) is 9.59 Å². The molecule has 2 unspecified atom stereocenters. The quantitative estimate of drug-likeness (QED) is 0.189. The second-order valence-electron chi connectivity index (χ2n) is 11.9. The van der Waals surface area contributed by atoms with E-state index in [1.54, 1.807) is 13.8 Å². The summed E-state index contributed by atoms with van der Waals surface area (Å²) in [5, 5.41) is 1.49. The number of carbonyl (C=O) groups excluding carboxylic acids is 2. The number of nitrogens with zero attached hydrogens (tertiary/aromatic N) is 3. The molecule has 0 spiro atoms. The highest BCUT2D eigenvalue weighted by Crippen LogP contribution is 2.30. The van der Waals surface area contributed by atoms with Gasteiger partial charge in [0.25, 0.3) is 0 Å². The maximum atomic E-state index is 11.5. The molecule has 2 amide bonds. The van der Waals surface area contributed by atoms with Crippen LogP contribution in [0.3, 0.4) is 0 Å². The number of hydrogen-bond donors (Lipinski definition) is 1. The van der Waals surface area contributed by atoms with Crippen molar-refractivity contribution in [3.8, 4) is 0 Å². The number of carbonyl (C=O) groups is 2. The Morgan fingerprint density at radius 2 is 1.04 bits per heavy atom. The predicted molar refractivity (Wildman–Crippen MR) is 207 cm³/mol. The second kappa shape index (κ2) is 22.1. The smallest absolute Gasteiger partial charge is 0.219 e. The van der Waals surface area contributed by atoms with Crippen LogP contribution in [0.4, 0.5) is 0 Å². The molecule has 1 aliphatic rings. The lowest BCUT2D eigenvalue weighted by atomic mass is 9.96. The molecule has 49 heavy (non-hydrogen) atoms. The Balaban J connectivity index is 0.000000277. The molecule has 8 heteroatoms. The third-order valence-corrected chi connectivity index (χ3v) is 8.75. The van der Waals surface area contributed by atoms with E-state index in [0.29, 0.717) is 0 Å².